The number of halogens is 6. The van der Waals surface area contributed by atoms with Gasteiger partial charge >= 0.3 is 12.1 Å². The van der Waals surface area contributed by atoms with Crippen LogP contribution in [0.5, 0.6) is 0 Å². The van der Waals surface area contributed by atoms with Gasteiger partial charge < -0.3 is 5.11 Å². The lowest BCUT2D eigenvalue weighted by Crippen LogP contribution is -2.24. The molecule has 0 aromatic carbocycles. The zero-order valence-corrected chi connectivity index (χ0v) is 9.19. The SMILES string of the molecule is O=C(O)CC(F)(F)c1ccc(Cl)nc1C(F)(F)F. The van der Waals surface area contributed by atoms with E-state index in [1.807, 2.05) is 0 Å². The van der Waals surface area contributed by atoms with Crippen LogP contribution in [0.3, 0.4) is 0 Å². The lowest BCUT2D eigenvalue weighted by molar-refractivity contribution is -0.153. The fraction of sp³-hybridized carbons (Fsp3) is 0.333. The second kappa shape index (κ2) is 4.68. The average Bonchev–Trinajstić information content (AvgIpc) is 2.13. The summed E-state index contributed by atoms with van der Waals surface area (Å²) in [6.07, 6.45) is -6.92. The van der Waals surface area contributed by atoms with Crippen molar-refractivity contribution < 1.29 is 31.9 Å². The third-order valence-corrected chi connectivity index (χ3v) is 2.11. The van der Waals surface area contributed by atoms with Gasteiger partial charge in [-0.1, -0.05) is 11.6 Å². The van der Waals surface area contributed by atoms with Gasteiger partial charge in [-0.15, -0.1) is 0 Å². The zero-order valence-electron chi connectivity index (χ0n) is 8.43. The van der Waals surface area contributed by atoms with Gasteiger partial charge in [0, 0.05) is 0 Å². The molecule has 1 N–H and O–H groups in total. The first-order chi connectivity index (χ1) is 8.04. The number of aliphatic carboxylic acids is 1. The van der Waals surface area contributed by atoms with Gasteiger partial charge in [0.2, 0.25) is 0 Å². The van der Waals surface area contributed by atoms with Crippen LogP contribution >= 0.6 is 11.6 Å². The number of alkyl halides is 5. The van der Waals surface area contributed by atoms with E-state index in [0.717, 1.165) is 6.07 Å². The Morgan fingerprint density at radius 1 is 1.28 bits per heavy atom. The van der Waals surface area contributed by atoms with Crippen LogP contribution in [0.15, 0.2) is 12.1 Å². The molecule has 0 amide bonds. The maximum Gasteiger partial charge on any atom is 0.433 e. The minimum atomic E-state index is -5.15. The first kappa shape index (κ1) is 14.6. The molecule has 0 saturated heterocycles. The Hall–Kier alpha value is -1.44. The number of carbonyl (C=O) groups is 1. The van der Waals surface area contributed by atoms with Crippen molar-refractivity contribution in [1.82, 2.24) is 4.98 Å². The summed E-state index contributed by atoms with van der Waals surface area (Å²) in [5.41, 5.74) is -3.40. The van der Waals surface area contributed by atoms with Crippen molar-refractivity contribution in [1.29, 1.82) is 0 Å². The van der Waals surface area contributed by atoms with Gasteiger partial charge in [-0.3, -0.25) is 4.79 Å². The molecule has 0 fully saturated rings. The summed E-state index contributed by atoms with van der Waals surface area (Å²) in [7, 11) is 0. The summed E-state index contributed by atoms with van der Waals surface area (Å²) in [5.74, 6) is -6.11. The third kappa shape index (κ3) is 3.28. The van der Waals surface area contributed by atoms with Crippen molar-refractivity contribution in [3.05, 3.63) is 28.5 Å². The summed E-state index contributed by atoms with van der Waals surface area (Å²) < 4.78 is 64.2. The molecule has 0 unspecified atom stereocenters. The number of hydrogen-bond acceptors (Lipinski definition) is 2. The Morgan fingerprint density at radius 3 is 2.28 bits per heavy atom. The summed E-state index contributed by atoms with van der Waals surface area (Å²) >= 11 is 5.21. The molecule has 18 heavy (non-hydrogen) atoms. The number of aromatic nitrogens is 1. The minimum absolute atomic E-state index is 0.418. The van der Waals surface area contributed by atoms with Gasteiger partial charge in [0.05, 0.1) is 5.56 Å². The van der Waals surface area contributed by atoms with Crippen LogP contribution in [-0.4, -0.2) is 16.1 Å². The standard InChI is InChI=1S/C9H5ClF5NO2/c10-5-2-1-4(7(16-5)9(13,14)15)8(11,12)3-6(17)18/h1-2H,3H2,(H,17,18). The highest BCUT2D eigenvalue weighted by molar-refractivity contribution is 6.29. The molecule has 1 rings (SSSR count). The molecule has 0 atom stereocenters. The molecule has 0 aliphatic heterocycles. The largest absolute Gasteiger partial charge is 0.481 e. The second-order valence-corrected chi connectivity index (χ2v) is 3.69. The van der Waals surface area contributed by atoms with Gasteiger partial charge in [-0.2, -0.15) is 13.2 Å². The molecular weight excluding hydrogens is 285 g/mol. The van der Waals surface area contributed by atoms with Crippen LogP contribution in [-0.2, 0) is 16.9 Å². The molecule has 0 bridgehead atoms. The normalized spacial score (nSPS) is 12.6. The van der Waals surface area contributed by atoms with E-state index >= 15 is 0 Å². The van der Waals surface area contributed by atoms with E-state index < -0.39 is 40.9 Å². The van der Waals surface area contributed by atoms with Crippen LogP contribution in [0.25, 0.3) is 0 Å². The third-order valence-electron chi connectivity index (χ3n) is 1.90. The van der Waals surface area contributed by atoms with Gasteiger partial charge in [0.1, 0.15) is 11.6 Å². The molecule has 0 saturated carbocycles. The summed E-state index contributed by atoms with van der Waals surface area (Å²) in [4.78, 5) is 13.0. The summed E-state index contributed by atoms with van der Waals surface area (Å²) in [6.45, 7) is 0. The van der Waals surface area contributed by atoms with Gasteiger partial charge in [0.15, 0.2) is 5.69 Å². The molecule has 0 radical (unpaired) electrons. The average molecular weight is 290 g/mol. The molecule has 1 aromatic rings. The molecule has 1 heterocycles. The number of nitrogens with zero attached hydrogens (tertiary/aromatic N) is 1. The molecule has 100 valence electrons. The van der Waals surface area contributed by atoms with Crippen LogP contribution in [0, 0.1) is 0 Å². The number of carboxylic acid groups (broad SMARTS) is 1. The van der Waals surface area contributed by atoms with Gasteiger partial charge in [-0.05, 0) is 12.1 Å². The summed E-state index contributed by atoms with van der Waals surface area (Å²) in [6, 6.07) is 1.16. The van der Waals surface area contributed by atoms with E-state index in [0.29, 0.717) is 6.07 Å². The highest BCUT2D eigenvalue weighted by Gasteiger charge is 2.45. The molecule has 9 heteroatoms. The van der Waals surface area contributed by atoms with Crippen LogP contribution in [0.4, 0.5) is 22.0 Å². The van der Waals surface area contributed by atoms with Gasteiger partial charge in [-0.25, -0.2) is 13.8 Å². The zero-order chi connectivity index (χ0) is 14.1. The molecule has 3 nitrogen and oxygen atoms in total. The Bertz CT molecular complexity index is 475. The first-order valence-corrected chi connectivity index (χ1v) is 4.75. The van der Waals surface area contributed by atoms with Crippen LogP contribution in [0.1, 0.15) is 17.7 Å². The smallest absolute Gasteiger partial charge is 0.433 e. The van der Waals surface area contributed by atoms with Gasteiger partial charge in [0.25, 0.3) is 5.92 Å². The molecule has 1 aromatic heterocycles. The number of hydrogen-bond donors (Lipinski definition) is 1. The Balaban J connectivity index is 3.36. The van der Waals surface area contributed by atoms with Crippen molar-refractivity contribution in [2.75, 3.05) is 0 Å². The first-order valence-electron chi connectivity index (χ1n) is 4.38. The lowest BCUT2D eigenvalue weighted by Gasteiger charge is -2.19. The van der Waals surface area contributed by atoms with E-state index in [-0.39, 0.29) is 0 Å². The quantitative estimate of drug-likeness (QED) is 0.686. The topological polar surface area (TPSA) is 50.2 Å². The van der Waals surface area contributed by atoms with Crippen molar-refractivity contribution in [3.63, 3.8) is 0 Å². The Morgan fingerprint density at radius 2 is 1.83 bits per heavy atom. The van der Waals surface area contributed by atoms with E-state index in [1.165, 1.54) is 0 Å². The van der Waals surface area contributed by atoms with Crippen molar-refractivity contribution in [3.8, 4) is 0 Å². The molecule has 0 aliphatic carbocycles. The molecule has 0 aliphatic rings. The van der Waals surface area contributed by atoms with Crippen molar-refractivity contribution >= 4 is 17.6 Å². The predicted molar refractivity (Wildman–Crippen MR) is 50.4 cm³/mol. The maximum atomic E-state index is 13.4. The monoisotopic (exact) mass is 289 g/mol. The fourth-order valence-corrected chi connectivity index (χ4v) is 1.38. The molecular formula is C9H5ClF5NO2. The molecule has 0 spiro atoms. The van der Waals surface area contributed by atoms with Crippen molar-refractivity contribution in [2.24, 2.45) is 0 Å². The van der Waals surface area contributed by atoms with Crippen LogP contribution < -0.4 is 0 Å². The highest BCUT2D eigenvalue weighted by atomic mass is 35.5. The van der Waals surface area contributed by atoms with E-state index in [4.69, 9.17) is 16.7 Å². The second-order valence-electron chi connectivity index (χ2n) is 3.30. The van der Waals surface area contributed by atoms with E-state index in [2.05, 4.69) is 4.98 Å². The highest BCUT2D eigenvalue weighted by Crippen LogP contribution is 2.40. The number of carboxylic acids is 1. The van der Waals surface area contributed by atoms with Crippen molar-refractivity contribution in [2.45, 2.75) is 18.5 Å². The number of rotatable bonds is 3. The Labute approximate surface area is 102 Å². The Kier molecular flexibility index (Phi) is 3.80. The number of pyridine rings is 1. The van der Waals surface area contributed by atoms with E-state index in [9.17, 15) is 26.7 Å². The fourth-order valence-electron chi connectivity index (χ4n) is 1.23. The lowest BCUT2D eigenvalue weighted by atomic mass is 10.0. The van der Waals surface area contributed by atoms with E-state index in [1.54, 1.807) is 0 Å². The minimum Gasteiger partial charge on any atom is -0.481 e. The summed E-state index contributed by atoms with van der Waals surface area (Å²) in [5, 5.41) is 7.64. The maximum absolute atomic E-state index is 13.4. The van der Waals surface area contributed by atoms with Crippen LogP contribution in [0.2, 0.25) is 5.15 Å². The predicted octanol–water partition coefficient (Wildman–Crippen LogP) is 3.32.